The van der Waals surface area contributed by atoms with Crippen LogP contribution in [0.1, 0.15) is 55.6 Å². The average molecular weight is 1280 g/mol. The fourth-order valence-corrected chi connectivity index (χ4v) is 12.6. The number of hydrogen-bond acceptors (Lipinski definition) is 11. The molecular weight excluding hydrogens is 1240 g/mol. The Balaban J connectivity index is 1.09. The van der Waals surface area contributed by atoms with Crippen molar-refractivity contribution in [3.63, 3.8) is 0 Å². The molecule has 0 amide bonds. The molecule has 0 aliphatic heterocycles. The van der Waals surface area contributed by atoms with E-state index in [1.165, 1.54) is 36.4 Å². The lowest BCUT2D eigenvalue weighted by Gasteiger charge is -2.19. The second kappa shape index (κ2) is 23.9. The maximum Gasteiger partial charge on any atom is 0.416 e. The zero-order valence-electron chi connectivity index (χ0n) is 50.3. The van der Waals surface area contributed by atoms with Gasteiger partial charge in [-0.1, -0.05) is 103 Å². The molecule has 3 aromatic heterocycles. The monoisotopic (exact) mass is 1280 g/mol. The number of halogens is 6. The van der Waals surface area contributed by atoms with Crippen LogP contribution in [0.25, 0.3) is 134 Å². The lowest BCUT2D eigenvalue weighted by molar-refractivity contribution is -0.138. The van der Waals surface area contributed by atoms with Crippen molar-refractivity contribution >= 4 is 43.6 Å². The number of fused-ring (bicyclic) bond motifs is 6. The van der Waals surface area contributed by atoms with Crippen LogP contribution in [0.15, 0.2) is 212 Å². The lowest BCUT2D eigenvalue weighted by Crippen LogP contribution is -2.10. The molecule has 14 rings (SSSR count). The van der Waals surface area contributed by atoms with Gasteiger partial charge in [0.05, 0.1) is 138 Å². The van der Waals surface area contributed by atoms with Crippen molar-refractivity contribution in [1.82, 2.24) is 24.1 Å². The third-order valence-corrected chi connectivity index (χ3v) is 17.1. The van der Waals surface area contributed by atoms with Crippen LogP contribution in [-0.2, 0) is 12.4 Å². The number of alkyl halides is 6. The number of nitrogens with zero attached hydrogens (tertiary/aromatic N) is 13. The first-order valence-corrected chi connectivity index (χ1v) is 29.6. The Labute approximate surface area is 552 Å². The molecule has 11 aromatic carbocycles. The Hall–Kier alpha value is -14.5. The lowest BCUT2D eigenvalue weighted by atomic mass is 9.96. The van der Waals surface area contributed by atoms with Gasteiger partial charge in [-0.15, -0.1) is 0 Å². The van der Waals surface area contributed by atoms with E-state index in [1.807, 2.05) is 24.3 Å². The summed E-state index contributed by atoms with van der Waals surface area (Å²) in [6.45, 7) is 0. The third-order valence-electron chi connectivity index (χ3n) is 17.1. The van der Waals surface area contributed by atoms with E-state index in [4.69, 9.17) is 15.0 Å². The first-order valence-electron chi connectivity index (χ1n) is 29.6. The molecule has 3 heterocycles. The van der Waals surface area contributed by atoms with Gasteiger partial charge in [0.2, 0.25) is 0 Å². The van der Waals surface area contributed by atoms with E-state index < -0.39 is 35.1 Å². The van der Waals surface area contributed by atoms with E-state index in [1.54, 1.807) is 161 Å². The summed E-state index contributed by atoms with van der Waals surface area (Å²) in [5, 5.41) is 83.1. The quantitative estimate of drug-likeness (QED) is 0.123. The van der Waals surface area contributed by atoms with Gasteiger partial charge in [-0.2, -0.15) is 68.4 Å². The second-order valence-corrected chi connectivity index (χ2v) is 22.7. The number of rotatable bonds is 9. The second-order valence-electron chi connectivity index (χ2n) is 22.7. The summed E-state index contributed by atoms with van der Waals surface area (Å²) < 4.78 is 97.0. The summed E-state index contributed by atoms with van der Waals surface area (Å²) in [7, 11) is 0. The highest BCUT2D eigenvalue weighted by atomic mass is 19.4. The fraction of sp³-hybridized carbons (Fsp3) is 0.0253. The summed E-state index contributed by atoms with van der Waals surface area (Å²) in [6, 6.07) is 70.4. The zero-order valence-corrected chi connectivity index (χ0v) is 50.3. The standard InChI is InChI=1S/C79H35F6N13/c80-78(81,82)57-14-24-69(97-71-30-49(59-16-6-44(36-86)26-53(59)40-90)10-20-63(71)64-21-11-50(31-72(64)97)60-17-7-45(37-87)27-54(60)41-91)67(34-57)76-94-75(48-4-2-1-3-5-48)95-77(96-76)68-35-58(79(83,84)85)15-25-70(68)98-73-32-51(61-18-8-46(38-88)28-55(61)42-92)12-22-65(73)66-23-13-52(33-74(66)98)62-19-9-47(39-89)29-56(62)43-93/h1-35H. The van der Waals surface area contributed by atoms with E-state index in [0.29, 0.717) is 88.1 Å². The molecule has 14 aromatic rings. The molecule has 98 heavy (non-hydrogen) atoms. The van der Waals surface area contributed by atoms with Crippen molar-refractivity contribution in [2.75, 3.05) is 0 Å². The van der Waals surface area contributed by atoms with Crippen molar-refractivity contribution in [2.24, 2.45) is 0 Å². The van der Waals surface area contributed by atoms with Crippen LogP contribution in [0, 0.1) is 90.6 Å². The van der Waals surface area contributed by atoms with Crippen LogP contribution in [0.2, 0.25) is 0 Å². The van der Waals surface area contributed by atoms with Crippen LogP contribution < -0.4 is 0 Å². The molecule has 0 fully saturated rings. The van der Waals surface area contributed by atoms with Gasteiger partial charge < -0.3 is 9.13 Å². The van der Waals surface area contributed by atoms with Crippen molar-refractivity contribution < 1.29 is 26.3 Å². The predicted octanol–water partition coefficient (Wildman–Crippen LogP) is 18.7. The minimum atomic E-state index is -5.01. The minimum Gasteiger partial charge on any atom is -0.308 e. The Kier molecular flexibility index (Phi) is 14.9. The molecule has 0 radical (unpaired) electrons. The minimum absolute atomic E-state index is 0.0231. The fourth-order valence-electron chi connectivity index (χ4n) is 12.6. The van der Waals surface area contributed by atoms with Crippen LogP contribution in [0.4, 0.5) is 26.3 Å². The molecule has 0 atom stereocenters. The van der Waals surface area contributed by atoms with Crippen molar-refractivity contribution in [3.8, 4) is 139 Å². The molecule has 19 heteroatoms. The van der Waals surface area contributed by atoms with Gasteiger partial charge in [-0.3, -0.25) is 0 Å². The van der Waals surface area contributed by atoms with Gasteiger partial charge in [-0.05, 0) is 154 Å². The first-order chi connectivity index (χ1) is 47.4. The molecule has 0 unspecified atom stereocenters. The van der Waals surface area contributed by atoms with Crippen molar-refractivity contribution in [1.29, 1.82) is 42.1 Å². The normalized spacial score (nSPS) is 11.3. The Bertz CT molecular complexity index is 5540. The van der Waals surface area contributed by atoms with Crippen LogP contribution >= 0.6 is 0 Å². The third kappa shape index (κ3) is 10.6. The molecule has 0 spiro atoms. The highest BCUT2D eigenvalue weighted by molar-refractivity contribution is 6.13. The smallest absolute Gasteiger partial charge is 0.308 e. The van der Waals surface area contributed by atoms with Gasteiger partial charge in [0.1, 0.15) is 0 Å². The highest BCUT2D eigenvalue weighted by Crippen LogP contribution is 2.46. The van der Waals surface area contributed by atoms with E-state index in [9.17, 15) is 42.1 Å². The Morgan fingerprint density at radius 1 is 0.265 bits per heavy atom. The highest BCUT2D eigenvalue weighted by Gasteiger charge is 2.35. The Morgan fingerprint density at radius 2 is 0.561 bits per heavy atom. The SMILES string of the molecule is N#Cc1ccc(-c2ccc3c4ccc(-c5ccc(C#N)cc5C#N)cc4n(-c4ccc(C(F)(F)F)cc4-c4nc(-c5ccccc5)nc(-c5cc(C(F)(F)F)ccc5-n5c6cc(-c7ccc(C#N)cc7C#N)ccc6c6ccc(-c7ccc(C#N)cc7C#N)cc65)n4)c3c2)c(C#N)c1. The van der Waals surface area contributed by atoms with Crippen LogP contribution in [-0.4, -0.2) is 24.1 Å². The summed E-state index contributed by atoms with van der Waals surface area (Å²) in [6.07, 6.45) is -10.0. The maximum absolute atomic E-state index is 15.6. The summed E-state index contributed by atoms with van der Waals surface area (Å²) >= 11 is 0. The molecular formula is C79H35F6N13. The van der Waals surface area contributed by atoms with Gasteiger partial charge in [0.15, 0.2) is 17.5 Å². The zero-order chi connectivity index (χ0) is 68.3. The van der Waals surface area contributed by atoms with E-state index in [0.717, 1.165) is 24.3 Å². The first kappa shape index (κ1) is 61.1. The summed E-state index contributed by atoms with van der Waals surface area (Å²) in [5.74, 6) is -1.03. The molecule has 458 valence electrons. The average Bonchev–Trinajstić information content (AvgIpc) is 1.52. The van der Waals surface area contributed by atoms with Crippen LogP contribution in [0.5, 0.6) is 0 Å². The molecule has 0 N–H and O–H groups in total. The molecule has 13 nitrogen and oxygen atoms in total. The topological polar surface area (TPSA) is 239 Å². The van der Waals surface area contributed by atoms with Crippen molar-refractivity contribution in [2.45, 2.75) is 12.4 Å². The number of aromatic nitrogens is 5. The summed E-state index contributed by atoms with van der Waals surface area (Å²) in [4.78, 5) is 14.8. The van der Waals surface area contributed by atoms with E-state index >= 15 is 26.3 Å². The van der Waals surface area contributed by atoms with E-state index in [-0.39, 0.29) is 78.4 Å². The van der Waals surface area contributed by atoms with Gasteiger partial charge >= 0.3 is 12.4 Å². The maximum atomic E-state index is 15.6. The Morgan fingerprint density at radius 3 is 0.837 bits per heavy atom. The molecule has 0 aliphatic carbocycles. The molecule has 0 bridgehead atoms. The molecule has 0 saturated carbocycles. The van der Waals surface area contributed by atoms with Crippen molar-refractivity contribution in [3.05, 3.63) is 268 Å². The van der Waals surface area contributed by atoms with Gasteiger partial charge in [-0.25, -0.2) is 15.0 Å². The van der Waals surface area contributed by atoms with E-state index in [2.05, 4.69) is 24.3 Å². The largest absolute Gasteiger partial charge is 0.416 e. The molecule has 0 aliphatic rings. The number of benzene rings is 11. The van der Waals surface area contributed by atoms with Gasteiger partial charge in [0.25, 0.3) is 0 Å². The molecule has 0 saturated heterocycles. The van der Waals surface area contributed by atoms with Gasteiger partial charge in [0, 0.05) is 38.2 Å². The number of hydrogen-bond donors (Lipinski definition) is 0. The predicted molar refractivity (Wildman–Crippen MR) is 354 cm³/mol. The summed E-state index contributed by atoms with van der Waals surface area (Å²) in [5.41, 5.74) is 3.93. The van der Waals surface area contributed by atoms with Crippen LogP contribution in [0.3, 0.4) is 0 Å². The number of nitriles is 8.